The Morgan fingerprint density at radius 1 is 0.271 bits per heavy atom. The number of rotatable bonds is 6. The summed E-state index contributed by atoms with van der Waals surface area (Å²) in [5, 5.41) is 8.68. The highest BCUT2D eigenvalue weighted by Gasteiger charge is 2.25. The van der Waals surface area contributed by atoms with E-state index in [1.165, 1.54) is 0 Å². The van der Waals surface area contributed by atoms with E-state index >= 15 is 0 Å². The standard InChI is InChI=1S/C63H36N4O3/c1-3-15-37(16-4-1)48-33-41(34-49(38-17-5-2-6-18-38)60(48)67-50-23-11-7-21-46(50)58-51(67)31-32-55-59(58)47-22-10-14-26-54(47)68-55)63-65-61(39-27-29-44-42-19-8-12-24-52(42)69-56(44)35-39)64-62(66-63)40-28-30-45-43-20-9-13-25-53(43)70-57(45)36-40/h1-36H. The first-order valence-electron chi connectivity index (χ1n) is 23.4. The second kappa shape index (κ2) is 15.0. The summed E-state index contributed by atoms with van der Waals surface area (Å²) >= 11 is 0. The van der Waals surface area contributed by atoms with Crippen LogP contribution >= 0.6 is 0 Å². The normalized spacial score (nSPS) is 12.0. The number of fused-ring (bicyclic) bond motifs is 13. The number of para-hydroxylation sites is 4. The number of hydrogen-bond donors (Lipinski definition) is 0. The molecule has 10 aromatic carbocycles. The van der Waals surface area contributed by atoms with Crippen LogP contribution in [0.2, 0.25) is 0 Å². The first kappa shape index (κ1) is 38.5. The van der Waals surface area contributed by atoms with Crippen molar-refractivity contribution in [2.24, 2.45) is 0 Å². The predicted molar refractivity (Wildman–Crippen MR) is 283 cm³/mol. The van der Waals surface area contributed by atoms with Crippen LogP contribution in [0.5, 0.6) is 0 Å². The van der Waals surface area contributed by atoms with Crippen molar-refractivity contribution in [2.45, 2.75) is 0 Å². The van der Waals surface area contributed by atoms with Crippen molar-refractivity contribution >= 4 is 87.6 Å². The van der Waals surface area contributed by atoms with Crippen LogP contribution in [0.1, 0.15) is 0 Å². The molecule has 0 saturated heterocycles. The Bertz CT molecular complexity index is 4410. The van der Waals surface area contributed by atoms with Crippen LogP contribution in [0.15, 0.2) is 232 Å². The first-order chi connectivity index (χ1) is 34.7. The van der Waals surface area contributed by atoms with Gasteiger partial charge in [-0.2, -0.15) is 0 Å². The Morgan fingerprint density at radius 3 is 1.29 bits per heavy atom. The molecule has 0 spiro atoms. The van der Waals surface area contributed by atoms with Gasteiger partial charge in [-0.1, -0.05) is 146 Å². The van der Waals surface area contributed by atoms with Crippen molar-refractivity contribution in [1.29, 1.82) is 0 Å². The minimum atomic E-state index is 0.525. The highest BCUT2D eigenvalue weighted by molar-refractivity contribution is 6.27. The van der Waals surface area contributed by atoms with Gasteiger partial charge < -0.3 is 17.8 Å². The smallest absolute Gasteiger partial charge is 0.164 e. The fourth-order valence-electron chi connectivity index (χ4n) is 10.7. The lowest BCUT2D eigenvalue weighted by Gasteiger charge is -2.21. The summed E-state index contributed by atoms with van der Waals surface area (Å²) in [5.74, 6) is 1.58. The van der Waals surface area contributed by atoms with Gasteiger partial charge in [0.15, 0.2) is 17.5 Å². The Balaban J connectivity index is 1.02. The predicted octanol–water partition coefficient (Wildman–Crippen LogP) is 17.0. The molecule has 5 heterocycles. The molecule has 326 valence electrons. The minimum Gasteiger partial charge on any atom is -0.456 e. The zero-order valence-corrected chi connectivity index (χ0v) is 37.3. The van der Waals surface area contributed by atoms with E-state index < -0.39 is 0 Å². The molecule has 0 bridgehead atoms. The fraction of sp³-hybridized carbons (Fsp3) is 0. The SMILES string of the molecule is c1ccc(-c2cc(-c3nc(-c4ccc5c(c4)oc4ccccc45)nc(-c4ccc5c(c4)oc4ccccc45)n3)cc(-c3ccccc3)c2-n2c3ccccc3c3c4c(ccc32)oc2ccccc24)cc1. The summed E-state index contributed by atoms with van der Waals surface area (Å²) in [4.78, 5) is 16.0. The third kappa shape index (κ3) is 5.85. The zero-order valence-electron chi connectivity index (χ0n) is 37.3. The van der Waals surface area contributed by atoms with Crippen LogP contribution in [-0.2, 0) is 0 Å². The quantitative estimate of drug-likeness (QED) is 0.165. The van der Waals surface area contributed by atoms with Gasteiger partial charge >= 0.3 is 0 Å². The molecule has 0 unspecified atom stereocenters. The number of benzene rings is 10. The van der Waals surface area contributed by atoms with Crippen molar-refractivity contribution in [3.63, 3.8) is 0 Å². The van der Waals surface area contributed by atoms with Crippen molar-refractivity contribution < 1.29 is 13.3 Å². The third-order valence-corrected chi connectivity index (χ3v) is 13.8. The summed E-state index contributed by atoms with van der Waals surface area (Å²) in [7, 11) is 0. The minimum absolute atomic E-state index is 0.525. The molecule has 0 aliphatic carbocycles. The van der Waals surface area contributed by atoms with Crippen molar-refractivity contribution in [2.75, 3.05) is 0 Å². The van der Waals surface area contributed by atoms with Gasteiger partial charge in [-0.05, 0) is 83.9 Å². The second-order valence-electron chi connectivity index (χ2n) is 17.9. The van der Waals surface area contributed by atoms with Crippen LogP contribution in [0.25, 0.3) is 150 Å². The molecule has 5 aromatic heterocycles. The maximum Gasteiger partial charge on any atom is 0.164 e. The summed E-state index contributed by atoms with van der Waals surface area (Å²) in [6, 6.07) is 75.8. The average molecular weight is 897 g/mol. The number of nitrogens with zero attached hydrogens (tertiary/aromatic N) is 4. The molecule has 0 aliphatic rings. The summed E-state index contributed by atoms with van der Waals surface area (Å²) in [6.07, 6.45) is 0. The highest BCUT2D eigenvalue weighted by Crippen LogP contribution is 2.47. The molecule has 7 nitrogen and oxygen atoms in total. The Hall–Kier alpha value is -9.59. The average Bonchev–Trinajstić information content (AvgIpc) is 4.19. The van der Waals surface area contributed by atoms with E-state index in [0.717, 1.165) is 132 Å². The number of furan rings is 3. The van der Waals surface area contributed by atoms with Gasteiger partial charge in [-0.15, -0.1) is 0 Å². The van der Waals surface area contributed by atoms with Crippen LogP contribution < -0.4 is 0 Å². The molecule has 7 heteroatoms. The van der Waals surface area contributed by atoms with E-state index in [0.29, 0.717) is 17.5 Å². The lowest BCUT2D eigenvalue weighted by Crippen LogP contribution is -2.04. The van der Waals surface area contributed by atoms with Gasteiger partial charge in [0, 0.05) is 70.9 Å². The maximum atomic E-state index is 6.49. The molecule has 70 heavy (non-hydrogen) atoms. The van der Waals surface area contributed by atoms with Crippen LogP contribution in [-0.4, -0.2) is 19.5 Å². The van der Waals surface area contributed by atoms with Gasteiger partial charge in [0.05, 0.1) is 16.7 Å². The number of aromatic nitrogens is 4. The summed E-state index contributed by atoms with van der Waals surface area (Å²) < 4.78 is 21.7. The van der Waals surface area contributed by atoms with E-state index in [1.54, 1.807) is 0 Å². The molecule has 0 fully saturated rings. The molecule has 0 saturated carbocycles. The van der Waals surface area contributed by atoms with Crippen LogP contribution in [0.4, 0.5) is 0 Å². The van der Waals surface area contributed by atoms with Crippen molar-refractivity contribution in [1.82, 2.24) is 19.5 Å². The van der Waals surface area contributed by atoms with Crippen molar-refractivity contribution in [3.05, 3.63) is 218 Å². The van der Waals surface area contributed by atoms with Gasteiger partial charge in [-0.3, -0.25) is 0 Å². The zero-order chi connectivity index (χ0) is 45.9. The molecule has 0 aliphatic heterocycles. The van der Waals surface area contributed by atoms with Gasteiger partial charge in [-0.25, -0.2) is 15.0 Å². The lowest BCUT2D eigenvalue weighted by molar-refractivity contribution is 0.668. The third-order valence-electron chi connectivity index (χ3n) is 13.8. The molecule has 15 aromatic rings. The molecular formula is C63H36N4O3. The summed E-state index contributed by atoms with van der Waals surface area (Å²) in [6.45, 7) is 0. The fourth-order valence-corrected chi connectivity index (χ4v) is 10.7. The monoisotopic (exact) mass is 896 g/mol. The topological polar surface area (TPSA) is 83.0 Å². The van der Waals surface area contributed by atoms with Gasteiger partial charge in [0.25, 0.3) is 0 Å². The van der Waals surface area contributed by atoms with Crippen molar-refractivity contribution in [3.8, 4) is 62.1 Å². The van der Waals surface area contributed by atoms with E-state index in [1.807, 2.05) is 60.7 Å². The molecule has 0 radical (unpaired) electrons. The van der Waals surface area contributed by atoms with Crippen LogP contribution in [0.3, 0.4) is 0 Å². The molecule has 15 rings (SSSR count). The van der Waals surface area contributed by atoms with Gasteiger partial charge in [0.1, 0.15) is 33.5 Å². The van der Waals surface area contributed by atoms with E-state index in [4.69, 9.17) is 28.2 Å². The molecule has 0 amide bonds. The molecular weight excluding hydrogens is 861 g/mol. The van der Waals surface area contributed by atoms with E-state index in [2.05, 4.69) is 162 Å². The first-order valence-corrected chi connectivity index (χ1v) is 23.4. The lowest BCUT2D eigenvalue weighted by atomic mass is 9.92. The Labute approximate surface area is 399 Å². The largest absolute Gasteiger partial charge is 0.456 e. The Morgan fingerprint density at radius 2 is 0.714 bits per heavy atom. The Kier molecular flexibility index (Phi) is 8.23. The summed E-state index contributed by atoms with van der Waals surface area (Å²) in [5.41, 5.74) is 14.7. The number of hydrogen-bond acceptors (Lipinski definition) is 6. The maximum absolute atomic E-state index is 6.49. The van der Waals surface area contributed by atoms with Crippen LogP contribution in [0, 0.1) is 0 Å². The van der Waals surface area contributed by atoms with E-state index in [9.17, 15) is 0 Å². The van der Waals surface area contributed by atoms with Gasteiger partial charge in [0.2, 0.25) is 0 Å². The molecule has 0 atom stereocenters. The highest BCUT2D eigenvalue weighted by atomic mass is 16.3. The second-order valence-corrected chi connectivity index (χ2v) is 17.9. The van der Waals surface area contributed by atoms with E-state index in [-0.39, 0.29) is 0 Å². The molecule has 0 N–H and O–H groups in total.